The van der Waals surface area contributed by atoms with Crippen LogP contribution in [0, 0.1) is 24.0 Å². The van der Waals surface area contributed by atoms with E-state index < -0.39 is 20.9 Å². The number of nitro benzene ring substituents is 1. The van der Waals surface area contributed by atoms with Gasteiger partial charge in [0.25, 0.3) is 21.6 Å². The average Bonchev–Trinajstić information content (AvgIpc) is 2.78. The molecule has 2 rings (SSSR count). The maximum Gasteiger partial charge on any atom is 0.269 e. The van der Waals surface area contributed by atoms with Gasteiger partial charge in [0.2, 0.25) is 0 Å². The summed E-state index contributed by atoms with van der Waals surface area (Å²) in [4.78, 5) is 22.0. The van der Waals surface area contributed by atoms with Gasteiger partial charge < -0.3 is 0 Å². The highest BCUT2D eigenvalue weighted by Crippen LogP contribution is 2.21. The number of hydrogen-bond acceptors (Lipinski definition) is 6. The second-order valence-corrected chi connectivity index (χ2v) is 6.56. The standard InChI is InChI=1S/C13H14N4O5S/c1-8-6-10(17(19)20)4-5-12(8)23(21,22)15-13(18)11-7-14-16(3)9(11)2/h4-7H,1-3H3,(H,15,18). The Hall–Kier alpha value is -2.75. The molecule has 0 aliphatic rings. The minimum atomic E-state index is -4.15. The summed E-state index contributed by atoms with van der Waals surface area (Å²) in [6.45, 7) is 3.05. The van der Waals surface area contributed by atoms with E-state index in [1.54, 1.807) is 14.0 Å². The van der Waals surface area contributed by atoms with Gasteiger partial charge in [0, 0.05) is 24.9 Å². The van der Waals surface area contributed by atoms with Crippen LogP contribution in [0.1, 0.15) is 21.6 Å². The molecule has 0 atom stereocenters. The highest BCUT2D eigenvalue weighted by molar-refractivity contribution is 7.90. The molecule has 10 heteroatoms. The number of benzene rings is 1. The Labute approximate surface area is 132 Å². The molecule has 0 saturated carbocycles. The molecule has 23 heavy (non-hydrogen) atoms. The lowest BCUT2D eigenvalue weighted by molar-refractivity contribution is -0.385. The smallest absolute Gasteiger partial charge is 0.269 e. The van der Waals surface area contributed by atoms with Crippen LogP contribution in [0.3, 0.4) is 0 Å². The Kier molecular flexibility index (Phi) is 4.19. The zero-order valence-electron chi connectivity index (χ0n) is 12.6. The maximum absolute atomic E-state index is 12.3. The Morgan fingerprint density at radius 3 is 2.48 bits per heavy atom. The number of nitrogens with zero attached hydrogens (tertiary/aromatic N) is 3. The molecule has 0 aliphatic carbocycles. The molecule has 1 N–H and O–H groups in total. The molecule has 0 spiro atoms. The van der Waals surface area contributed by atoms with E-state index in [1.807, 2.05) is 4.72 Å². The Morgan fingerprint density at radius 2 is 2.00 bits per heavy atom. The third-order valence-electron chi connectivity index (χ3n) is 3.37. The van der Waals surface area contributed by atoms with E-state index in [0.717, 1.165) is 18.2 Å². The number of nitrogens with one attached hydrogen (secondary N) is 1. The molecule has 0 fully saturated rings. The van der Waals surface area contributed by atoms with Gasteiger partial charge in [0.15, 0.2) is 0 Å². The Bertz CT molecular complexity index is 901. The molecule has 1 amide bonds. The van der Waals surface area contributed by atoms with E-state index in [0.29, 0.717) is 5.69 Å². The van der Waals surface area contributed by atoms with E-state index in [4.69, 9.17) is 0 Å². The number of non-ortho nitro benzene ring substituents is 1. The first-order chi connectivity index (χ1) is 10.6. The largest absolute Gasteiger partial charge is 0.272 e. The first-order valence-electron chi connectivity index (χ1n) is 6.44. The highest BCUT2D eigenvalue weighted by Gasteiger charge is 2.24. The minimum absolute atomic E-state index is 0.135. The van der Waals surface area contributed by atoms with Crippen LogP contribution < -0.4 is 4.72 Å². The number of amides is 1. The SMILES string of the molecule is Cc1cc([N+](=O)[O-])ccc1S(=O)(=O)NC(=O)c1cnn(C)c1C. The summed E-state index contributed by atoms with van der Waals surface area (Å²) >= 11 is 0. The van der Waals surface area contributed by atoms with Crippen molar-refractivity contribution in [3.63, 3.8) is 0 Å². The summed E-state index contributed by atoms with van der Waals surface area (Å²) in [5.41, 5.74) is 0.590. The molecule has 2 aromatic rings. The number of nitro groups is 1. The third kappa shape index (κ3) is 3.21. The first-order valence-corrected chi connectivity index (χ1v) is 7.92. The van der Waals surface area contributed by atoms with Crippen molar-refractivity contribution in [1.82, 2.24) is 14.5 Å². The molecule has 0 aliphatic heterocycles. The molecule has 0 saturated heterocycles. The molecule has 9 nitrogen and oxygen atoms in total. The van der Waals surface area contributed by atoms with Crippen molar-refractivity contribution in [2.75, 3.05) is 0 Å². The molecular formula is C13H14N4O5S. The van der Waals surface area contributed by atoms with E-state index in [9.17, 15) is 23.3 Å². The summed E-state index contributed by atoms with van der Waals surface area (Å²) in [5, 5.41) is 14.6. The van der Waals surface area contributed by atoms with E-state index in [2.05, 4.69) is 5.10 Å². The predicted molar refractivity (Wildman–Crippen MR) is 80.4 cm³/mol. The van der Waals surface area contributed by atoms with Gasteiger partial charge in [-0.25, -0.2) is 13.1 Å². The van der Waals surface area contributed by atoms with Gasteiger partial charge in [-0.05, 0) is 25.5 Å². The Balaban J connectivity index is 2.34. The van der Waals surface area contributed by atoms with Gasteiger partial charge in [-0.3, -0.25) is 19.6 Å². The number of aryl methyl sites for hydroxylation is 2. The van der Waals surface area contributed by atoms with Crippen LogP contribution in [0.5, 0.6) is 0 Å². The number of hydrogen-bond donors (Lipinski definition) is 1. The van der Waals surface area contributed by atoms with Gasteiger partial charge in [0.05, 0.1) is 21.6 Å². The van der Waals surface area contributed by atoms with Crippen LogP contribution in [0.15, 0.2) is 29.3 Å². The van der Waals surface area contributed by atoms with Gasteiger partial charge in [0.1, 0.15) is 0 Å². The van der Waals surface area contributed by atoms with Crippen molar-refractivity contribution in [3.05, 3.63) is 51.3 Å². The van der Waals surface area contributed by atoms with E-state index in [1.165, 1.54) is 17.8 Å². The fraction of sp³-hybridized carbons (Fsp3) is 0.231. The van der Waals surface area contributed by atoms with E-state index >= 15 is 0 Å². The van der Waals surface area contributed by atoms with Crippen LogP contribution in [0.4, 0.5) is 5.69 Å². The highest BCUT2D eigenvalue weighted by atomic mass is 32.2. The maximum atomic E-state index is 12.3. The van der Waals surface area contributed by atoms with Crippen LogP contribution in [0.25, 0.3) is 0 Å². The lowest BCUT2D eigenvalue weighted by atomic mass is 10.2. The molecule has 1 heterocycles. The average molecular weight is 338 g/mol. The van der Waals surface area contributed by atoms with Gasteiger partial charge in [-0.2, -0.15) is 5.10 Å². The molecule has 1 aromatic carbocycles. The second-order valence-electron chi connectivity index (χ2n) is 4.91. The van der Waals surface area contributed by atoms with Gasteiger partial charge in [-0.1, -0.05) is 0 Å². The summed E-state index contributed by atoms with van der Waals surface area (Å²) < 4.78 is 28.0. The van der Waals surface area contributed by atoms with Crippen molar-refractivity contribution in [2.45, 2.75) is 18.7 Å². The molecule has 1 aromatic heterocycles. The number of rotatable bonds is 4. The van der Waals surface area contributed by atoms with E-state index in [-0.39, 0.29) is 21.7 Å². The van der Waals surface area contributed by atoms with Crippen LogP contribution in [-0.2, 0) is 17.1 Å². The minimum Gasteiger partial charge on any atom is -0.272 e. The lowest BCUT2D eigenvalue weighted by Crippen LogP contribution is -2.31. The Morgan fingerprint density at radius 1 is 1.35 bits per heavy atom. The number of aromatic nitrogens is 2. The number of sulfonamides is 1. The van der Waals surface area contributed by atoms with Crippen molar-refractivity contribution >= 4 is 21.6 Å². The van der Waals surface area contributed by atoms with Crippen LogP contribution in [0.2, 0.25) is 0 Å². The summed E-state index contributed by atoms with van der Waals surface area (Å²) in [6, 6.07) is 3.30. The normalized spacial score (nSPS) is 11.3. The summed E-state index contributed by atoms with van der Waals surface area (Å²) in [7, 11) is -2.52. The van der Waals surface area contributed by atoms with Crippen molar-refractivity contribution in [2.24, 2.45) is 7.05 Å². The van der Waals surface area contributed by atoms with Crippen LogP contribution >= 0.6 is 0 Å². The predicted octanol–water partition coefficient (Wildman–Crippen LogP) is 1.06. The molecule has 0 radical (unpaired) electrons. The van der Waals surface area contributed by atoms with Crippen molar-refractivity contribution in [1.29, 1.82) is 0 Å². The summed E-state index contributed by atoms with van der Waals surface area (Å²) in [5.74, 6) is -0.812. The quantitative estimate of drug-likeness (QED) is 0.656. The van der Waals surface area contributed by atoms with Crippen LogP contribution in [-0.4, -0.2) is 29.0 Å². The molecule has 122 valence electrons. The molecular weight excluding hydrogens is 324 g/mol. The topological polar surface area (TPSA) is 124 Å². The lowest BCUT2D eigenvalue weighted by Gasteiger charge is -2.09. The zero-order valence-corrected chi connectivity index (χ0v) is 13.4. The number of carbonyl (C=O) groups is 1. The zero-order chi connectivity index (χ0) is 17.4. The van der Waals surface area contributed by atoms with Crippen molar-refractivity contribution in [3.8, 4) is 0 Å². The fourth-order valence-corrected chi connectivity index (χ4v) is 3.20. The first kappa shape index (κ1) is 16.6. The molecule has 0 unspecified atom stereocenters. The number of carbonyl (C=O) groups excluding carboxylic acids is 1. The van der Waals surface area contributed by atoms with Gasteiger partial charge in [-0.15, -0.1) is 0 Å². The summed E-state index contributed by atoms with van der Waals surface area (Å²) in [6.07, 6.45) is 1.27. The van der Waals surface area contributed by atoms with Crippen molar-refractivity contribution < 1.29 is 18.1 Å². The fourth-order valence-electron chi connectivity index (χ4n) is 2.00. The van der Waals surface area contributed by atoms with Gasteiger partial charge >= 0.3 is 0 Å². The monoisotopic (exact) mass is 338 g/mol. The molecule has 0 bridgehead atoms. The third-order valence-corrected chi connectivity index (χ3v) is 4.86. The second kappa shape index (κ2) is 5.80.